The molecule has 0 saturated carbocycles. The van der Waals surface area contributed by atoms with Gasteiger partial charge in [-0.3, -0.25) is 4.79 Å². The van der Waals surface area contributed by atoms with Gasteiger partial charge in [0.1, 0.15) is 5.75 Å². The summed E-state index contributed by atoms with van der Waals surface area (Å²) >= 11 is 0. The van der Waals surface area contributed by atoms with Crippen LogP contribution in [0.5, 0.6) is 5.75 Å². The van der Waals surface area contributed by atoms with Crippen molar-refractivity contribution in [3.8, 4) is 5.75 Å². The Hall–Kier alpha value is -1.55. The van der Waals surface area contributed by atoms with Crippen molar-refractivity contribution in [3.63, 3.8) is 0 Å². The highest BCUT2D eigenvalue weighted by atomic mass is 16.5. The zero-order valence-electron chi connectivity index (χ0n) is 9.40. The van der Waals surface area contributed by atoms with Crippen LogP contribution >= 0.6 is 0 Å². The number of aliphatic hydroxyl groups is 1. The van der Waals surface area contributed by atoms with Crippen LogP contribution in [0.3, 0.4) is 0 Å². The molecule has 1 rings (SSSR count). The number of ether oxygens (including phenoxy) is 1. The van der Waals surface area contributed by atoms with Gasteiger partial charge in [-0.1, -0.05) is 0 Å². The van der Waals surface area contributed by atoms with E-state index in [9.17, 15) is 4.79 Å². The molecule has 1 amide bonds. The molecule has 4 nitrogen and oxygen atoms in total. The molecule has 0 atom stereocenters. The number of amides is 1. The number of carbonyl (C=O) groups excluding carboxylic acids is 1. The number of aliphatic hydroxyl groups excluding tert-OH is 1. The first-order valence-corrected chi connectivity index (χ1v) is 5.31. The van der Waals surface area contributed by atoms with Crippen molar-refractivity contribution in [1.82, 2.24) is 5.32 Å². The highest BCUT2D eigenvalue weighted by Gasteiger charge is 2.03. The van der Waals surface area contributed by atoms with Crippen LogP contribution in [0.1, 0.15) is 23.2 Å². The third-order valence-corrected chi connectivity index (χ3v) is 2.22. The number of carbonyl (C=O) groups is 1. The molecule has 1 aromatic rings. The van der Waals surface area contributed by atoms with E-state index in [0.717, 1.165) is 12.2 Å². The Morgan fingerprint density at radius 1 is 1.31 bits per heavy atom. The highest BCUT2D eigenvalue weighted by Crippen LogP contribution is 2.10. The van der Waals surface area contributed by atoms with E-state index in [1.165, 1.54) is 0 Å². The second-order valence-corrected chi connectivity index (χ2v) is 3.42. The number of methoxy groups -OCH3 is 1. The van der Waals surface area contributed by atoms with Crippen molar-refractivity contribution >= 4 is 5.91 Å². The first kappa shape index (κ1) is 12.5. The van der Waals surface area contributed by atoms with E-state index in [0.29, 0.717) is 18.5 Å². The Balaban J connectivity index is 2.40. The molecular weight excluding hydrogens is 206 g/mol. The Kier molecular flexibility index (Phi) is 5.36. The molecule has 0 aliphatic carbocycles. The van der Waals surface area contributed by atoms with Gasteiger partial charge in [0.15, 0.2) is 0 Å². The average Bonchev–Trinajstić information content (AvgIpc) is 2.34. The molecule has 1 aromatic carbocycles. The van der Waals surface area contributed by atoms with Gasteiger partial charge in [0, 0.05) is 18.7 Å². The summed E-state index contributed by atoms with van der Waals surface area (Å²) in [5.74, 6) is 0.637. The minimum Gasteiger partial charge on any atom is -0.497 e. The van der Waals surface area contributed by atoms with Crippen LogP contribution < -0.4 is 10.1 Å². The van der Waals surface area contributed by atoms with Crippen LogP contribution in [0.25, 0.3) is 0 Å². The molecular formula is C12H17NO3. The second-order valence-electron chi connectivity index (χ2n) is 3.42. The van der Waals surface area contributed by atoms with Crippen molar-refractivity contribution in [2.75, 3.05) is 20.3 Å². The van der Waals surface area contributed by atoms with Crippen molar-refractivity contribution in [1.29, 1.82) is 0 Å². The molecule has 0 bridgehead atoms. The van der Waals surface area contributed by atoms with Crippen LogP contribution in [-0.4, -0.2) is 31.3 Å². The zero-order chi connectivity index (χ0) is 11.8. The zero-order valence-corrected chi connectivity index (χ0v) is 9.40. The Morgan fingerprint density at radius 3 is 2.56 bits per heavy atom. The summed E-state index contributed by atoms with van der Waals surface area (Å²) in [6.45, 7) is 0.754. The van der Waals surface area contributed by atoms with Crippen molar-refractivity contribution in [2.24, 2.45) is 0 Å². The molecule has 88 valence electrons. The van der Waals surface area contributed by atoms with Gasteiger partial charge in [-0.25, -0.2) is 0 Å². The summed E-state index contributed by atoms with van der Waals surface area (Å²) < 4.78 is 5.00. The molecule has 4 heteroatoms. The van der Waals surface area contributed by atoms with Gasteiger partial charge in [0.05, 0.1) is 7.11 Å². The normalized spacial score (nSPS) is 9.88. The van der Waals surface area contributed by atoms with Crippen LogP contribution in [0.2, 0.25) is 0 Å². The number of nitrogens with one attached hydrogen (secondary N) is 1. The fourth-order valence-corrected chi connectivity index (χ4v) is 1.28. The molecule has 0 fully saturated rings. The topological polar surface area (TPSA) is 58.6 Å². The molecule has 0 aromatic heterocycles. The van der Waals surface area contributed by atoms with Gasteiger partial charge in [-0.15, -0.1) is 0 Å². The van der Waals surface area contributed by atoms with E-state index in [-0.39, 0.29) is 12.5 Å². The summed E-state index contributed by atoms with van der Waals surface area (Å²) in [4.78, 5) is 11.6. The predicted octanol–water partition coefficient (Wildman–Crippen LogP) is 1.20. The molecule has 0 unspecified atom stereocenters. The third kappa shape index (κ3) is 3.90. The lowest BCUT2D eigenvalue weighted by Gasteiger charge is -2.05. The Morgan fingerprint density at radius 2 is 2.00 bits per heavy atom. The van der Waals surface area contributed by atoms with Crippen molar-refractivity contribution in [2.45, 2.75) is 12.8 Å². The number of hydrogen-bond donors (Lipinski definition) is 2. The van der Waals surface area contributed by atoms with E-state index in [2.05, 4.69) is 5.32 Å². The first-order valence-electron chi connectivity index (χ1n) is 5.31. The predicted molar refractivity (Wildman–Crippen MR) is 61.6 cm³/mol. The average molecular weight is 223 g/mol. The van der Waals surface area contributed by atoms with Crippen LogP contribution in [0.15, 0.2) is 24.3 Å². The standard InChI is InChI=1S/C12H17NO3/c1-16-11-6-4-10(5-7-11)12(15)13-8-2-3-9-14/h4-7,14H,2-3,8-9H2,1H3,(H,13,15). The fourth-order valence-electron chi connectivity index (χ4n) is 1.28. The van der Waals surface area contributed by atoms with Gasteiger partial charge in [-0.05, 0) is 37.1 Å². The van der Waals surface area contributed by atoms with Gasteiger partial charge < -0.3 is 15.2 Å². The largest absolute Gasteiger partial charge is 0.497 e. The summed E-state index contributed by atoms with van der Waals surface area (Å²) in [6.07, 6.45) is 1.50. The fraction of sp³-hybridized carbons (Fsp3) is 0.417. The molecule has 0 heterocycles. The smallest absolute Gasteiger partial charge is 0.251 e. The Bertz CT molecular complexity index is 322. The molecule has 2 N–H and O–H groups in total. The maximum Gasteiger partial charge on any atom is 0.251 e. The lowest BCUT2D eigenvalue weighted by molar-refractivity contribution is 0.0952. The quantitative estimate of drug-likeness (QED) is 0.712. The summed E-state index contributed by atoms with van der Waals surface area (Å²) in [5.41, 5.74) is 0.616. The van der Waals surface area contributed by atoms with E-state index in [1.807, 2.05) is 0 Å². The van der Waals surface area contributed by atoms with Crippen molar-refractivity contribution in [3.05, 3.63) is 29.8 Å². The lowest BCUT2D eigenvalue weighted by atomic mass is 10.2. The van der Waals surface area contributed by atoms with E-state index in [4.69, 9.17) is 9.84 Å². The molecule has 0 aliphatic rings. The van der Waals surface area contributed by atoms with Gasteiger partial charge in [0.25, 0.3) is 5.91 Å². The van der Waals surface area contributed by atoms with Gasteiger partial charge in [-0.2, -0.15) is 0 Å². The van der Waals surface area contributed by atoms with Crippen molar-refractivity contribution < 1.29 is 14.6 Å². The number of hydrogen-bond acceptors (Lipinski definition) is 3. The van der Waals surface area contributed by atoms with Crippen LogP contribution in [-0.2, 0) is 0 Å². The highest BCUT2D eigenvalue weighted by molar-refractivity contribution is 5.94. The van der Waals surface area contributed by atoms with E-state index >= 15 is 0 Å². The van der Waals surface area contributed by atoms with Gasteiger partial charge >= 0.3 is 0 Å². The lowest BCUT2D eigenvalue weighted by Crippen LogP contribution is -2.24. The Labute approximate surface area is 95.2 Å². The molecule has 0 saturated heterocycles. The molecule has 0 spiro atoms. The molecule has 0 radical (unpaired) electrons. The number of unbranched alkanes of at least 4 members (excludes halogenated alkanes) is 1. The molecule has 0 aliphatic heterocycles. The summed E-state index contributed by atoms with van der Waals surface area (Å²) in [6, 6.07) is 6.95. The monoisotopic (exact) mass is 223 g/mol. The molecule has 16 heavy (non-hydrogen) atoms. The second kappa shape index (κ2) is 6.85. The third-order valence-electron chi connectivity index (χ3n) is 2.22. The van der Waals surface area contributed by atoms with Crippen LogP contribution in [0, 0.1) is 0 Å². The minimum absolute atomic E-state index is 0.0967. The maximum absolute atomic E-state index is 11.6. The maximum atomic E-state index is 11.6. The van der Waals surface area contributed by atoms with E-state index in [1.54, 1.807) is 31.4 Å². The van der Waals surface area contributed by atoms with Crippen LogP contribution in [0.4, 0.5) is 0 Å². The SMILES string of the molecule is COc1ccc(C(=O)NCCCCO)cc1. The van der Waals surface area contributed by atoms with E-state index < -0.39 is 0 Å². The summed E-state index contributed by atoms with van der Waals surface area (Å²) in [5, 5.41) is 11.4. The minimum atomic E-state index is -0.0967. The first-order chi connectivity index (χ1) is 7.77. The van der Waals surface area contributed by atoms with Gasteiger partial charge in [0.2, 0.25) is 0 Å². The summed E-state index contributed by atoms with van der Waals surface area (Å²) in [7, 11) is 1.59. The number of benzene rings is 1. The number of rotatable bonds is 6.